The summed E-state index contributed by atoms with van der Waals surface area (Å²) in [6, 6.07) is 8.18. The van der Waals surface area contributed by atoms with Gasteiger partial charge in [0.05, 0.1) is 6.54 Å². The molecule has 2 N–H and O–H groups in total. The van der Waals surface area contributed by atoms with Gasteiger partial charge in [0.15, 0.2) is 5.54 Å². The van der Waals surface area contributed by atoms with Gasteiger partial charge in [0.2, 0.25) is 0 Å². The molecule has 1 aliphatic rings. The van der Waals surface area contributed by atoms with Crippen LogP contribution in [0.4, 0.5) is 9.59 Å². The molecule has 0 bridgehead atoms. The number of nitrogens with one attached hydrogen (secondary N) is 1. The smallest absolute Gasteiger partial charge is 0.418 e. The molecule has 0 radical (unpaired) electrons. The number of carboxylic acid groups (broad SMARTS) is 1. The zero-order valence-corrected chi connectivity index (χ0v) is 11.8. The molecule has 7 heteroatoms. The van der Waals surface area contributed by atoms with E-state index >= 15 is 0 Å². The number of benzene rings is 1. The predicted octanol–water partition coefficient (Wildman–Crippen LogP) is 1.75. The topological polar surface area (TPSA) is 95.9 Å². The first kappa shape index (κ1) is 15.6. The molecule has 0 unspecified atom stereocenters. The molecule has 1 saturated heterocycles. The first-order chi connectivity index (χ1) is 10.5. The zero-order chi connectivity index (χ0) is 16.2. The van der Waals surface area contributed by atoms with Crippen molar-refractivity contribution in [3.63, 3.8) is 0 Å². The van der Waals surface area contributed by atoms with Crippen molar-refractivity contribution in [3.8, 4) is 0 Å². The predicted molar refractivity (Wildman–Crippen MR) is 77.0 cm³/mol. The van der Waals surface area contributed by atoms with Gasteiger partial charge in [-0.15, -0.1) is 6.58 Å². The Balaban J connectivity index is 2.03. The quantitative estimate of drug-likeness (QED) is 0.808. The van der Waals surface area contributed by atoms with Crippen LogP contribution in [0.15, 0.2) is 43.0 Å². The van der Waals surface area contributed by atoms with Crippen molar-refractivity contribution in [2.45, 2.75) is 18.6 Å². The van der Waals surface area contributed by atoms with Crippen LogP contribution < -0.4 is 5.32 Å². The molecule has 1 aromatic rings. The van der Waals surface area contributed by atoms with Gasteiger partial charge in [0, 0.05) is 6.42 Å². The lowest BCUT2D eigenvalue weighted by atomic mass is 9.97. The Morgan fingerprint density at radius 2 is 2.09 bits per heavy atom. The molecule has 1 aliphatic heterocycles. The second kappa shape index (κ2) is 6.30. The largest absolute Gasteiger partial charge is 0.479 e. The van der Waals surface area contributed by atoms with Crippen LogP contribution in [0.3, 0.4) is 0 Å². The molecule has 1 atom stereocenters. The maximum Gasteiger partial charge on any atom is 0.418 e. The van der Waals surface area contributed by atoms with E-state index in [9.17, 15) is 19.5 Å². The van der Waals surface area contributed by atoms with Crippen LogP contribution in [0.2, 0.25) is 0 Å². The molecule has 116 valence electrons. The summed E-state index contributed by atoms with van der Waals surface area (Å²) < 4.78 is 5.04. The minimum Gasteiger partial charge on any atom is -0.479 e. The van der Waals surface area contributed by atoms with Crippen molar-refractivity contribution in [1.29, 1.82) is 0 Å². The Bertz CT molecular complexity index is 601. The molecule has 1 fully saturated rings. The van der Waals surface area contributed by atoms with E-state index in [1.165, 1.54) is 6.08 Å². The average Bonchev–Trinajstić information content (AvgIpc) is 2.84. The van der Waals surface area contributed by atoms with Gasteiger partial charge in [-0.05, 0) is 5.56 Å². The third-order valence-electron chi connectivity index (χ3n) is 3.35. The van der Waals surface area contributed by atoms with Crippen molar-refractivity contribution in [3.05, 3.63) is 48.6 Å². The summed E-state index contributed by atoms with van der Waals surface area (Å²) in [6.45, 7) is 3.17. The third-order valence-corrected chi connectivity index (χ3v) is 3.35. The number of carbonyl (C=O) groups excluding carboxylic acids is 2. The Hall–Kier alpha value is -2.83. The normalized spacial score (nSPS) is 20.4. The van der Waals surface area contributed by atoms with Gasteiger partial charge in [-0.25, -0.2) is 19.3 Å². The van der Waals surface area contributed by atoms with Gasteiger partial charge in [-0.3, -0.25) is 0 Å². The van der Waals surface area contributed by atoms with E-state index < -0.39 is 23.6 Å². The number of rotatable bonds is 5. The second-order valence-corrected chi connectivity index (χ2v) is 4.94. The molecule has 22 heavy (non-hydrogen) atoms. The second-order valence-electron chi connectivity index (χ2n) is 4.94. The van der Waals surface area contributed by atoms with Gasteiger partial charge < -0.3 is 15.2 Å². The molecular weight excluding hydrogens is 288 g/mol. The van der Waals surface area contributed by atoms with Crippen molar-refractivity contribution in [2.75, 3.05) is 6.54 Å². The van der Waals surface area contributed by atoms with Crippen LogP contribution in [-0.4, -0.2) is 40.2 Å². The number of hydrogen-bond donors (Lipinski definition) is 2. The van der Waals surface area contributed by atoms with Crippen LogP contribution >= 0.6 is 0 Å². The fraction of sp³-hybridized carbons (Fsp3) is 0.267. The van der Waals surface area contributed by atoms with E-state index in [0.29, 0.717) is 0 Å². The van der Waals surface area contributed by atoms with E-state index in [1.807, 2.05) is 6.07 Å². The lowest BCUT2D eigenvalue weighted by Gasteiger charge is -2.21. The van der Waals surface area contributed by atoms with Crippen molar-refractivity contribution in [2.24, 2.45) is 0 Å². The number of ether oxygens (including phenoxy) is 1. The fourth-order valence-corrected chi connectivity index (χ4v) is 2.17. The SMILES string of the molecule is C=CC[C@@]1(C(=O)O)CN(C(=O)OCc2ccccc2)C(=O)N1. The van der Waals surface area contributed by atoms with Gasteiger partial charge in [0.25, 0.3) is 0 Å². The summed E-state index contributed by atoms with van der Waals surface area (Å²) in [5.41, 5.74) is -0.782. The van der Waals surface area contributed by atoms with E-state index in [4.69, 9.17) is 4.74 Å². The average molecular weight is 304 g/mol. The van der Waals surface area contributed by atoms with E-state index in [2.05, 4.69) is 11.9 Å². The number of aliphatic carboxylic acids is 1. The molecule has 1 heterocycles. The van der Waals surface area contributed by atoms with Gasteiger partial charge >= 0.3 is 18.1 Å². The molecule has 0 aliphatic carbocycles. The number of amides is 3. The summed E-state index contributed by atoms with van der Waals surface area (Å²) in [7, 11) is 0. The van der Waals surface area contributed by atoms with Crippen LogP contribution in [0.5, 0.6) is 0 Å². The van der Waals surface area contributed by atoms with Crippen molar-refractivity contribution >= 4 is 18.1 Å². The molecule has 3 amide bonds. The number of carbonyl (C=O) groups is 3. The summed E-state index contributed by atoms with van der Waals surface area (Å²) in [5, 5.41) is 11.6. The van der Waals surface area contributed by atoms with Crippen LogP contribution in [0, 0.1) is 0 Å². The summed E-state index contributed by atoms with van der Waals surface area (Å²) >= 11 is 0. The van der Waals surface area contributed by atoms with Crippen LogP contribution in [0.1, 0.15) is 12.0 Å². The first-order valence-corrected chi connectivity index (χ1v) is 6.63. The Morgan fingerprint density at radius 1 is 1.41 bits per heavy atom. The number of nitrogens with zero attached hydrogens (tertiary/aromatic N) is 1. The van der Waals surface area contributed by atoms with Gasteiger partial charge in [-0.2, -0.15) is 0 Å². The van der Waals surface area contributed by atoms with E-state index in [1.54, 1.807) is 24.3 Å². The molecule has 2 rings (SSSR count). The highest BCUT2D eigenvalue weighted by Gasteiger charge is 2.50. The Kier molecular flexibility index (Phi) is 4.45. The molecule has 0 spiro atoms. The minimum absolute atomic E-state index is 0.00494. The van der Waals surface area contributed by atoms with Crippen molar-refractivity contribution in [1.82, 2.24) is 10.2 Å². The lowest BCUT2D eigenvalue weighted by Crippen LogP contribution is -2.50. The Labute approximate surface area is 127 Å². The summed E-state index contributed by atoms with van der Waals surface area (Å²) in [4.78, 5) is 35.9. The standard InChI is InChI=1S/C15H16N2O5/c1-2-8-15(12(18)19)10-17(13(20)16-15)14(21)22-9-11-6-4-3-5-7-11/h2-7H,1,8-10H2,(H,16,20)(H,18,19)/t15-/m0/s1. The van der Waals surface area contributed by atoms with Crippen LogP contribution in [0.25, 0.3) is 0 Å². The monoisotopic (exact) mass is 304 g/mol. The van der Waals surface area contributed by atoms with Crippen molar-refractivity contribution < 1.29 is 24.2 Å². The maximum absolute atomic E-state index is 12.0. The number of carboxylic acids is 1. The molecular formula is C15H16N2O5. The third kappa shape index (κ3) is 3.08. The number of urea groups is 1. The highest BCUT2D eigenvalue weighted by molar-refractivity contribution is 5.98. The minimum atomic E-state index is -1.55. The van der Waals surface area contributed by atoms with Crippen LogP contribution in [-0.2, 0) is 16.1 Å². The fourth-order valence-electron chi connectivity index (χ4n) is 2.17. The van der Waals surface area contributed by atoms with Gasteiger partial charge in [0.1, 0.15) is 6.61 Å². The highest BCUT2D eigenvalue weighted by atomic mass is 16.6. The zero-order valence-electron chi connectivity index (χ0n) is 11.8. The Morgan fingerprint density at radius 3 is 2.68 bits per heavy atom. The first-order valence-electron chi connectivity index (χ1n) is 6.63. The summed E-state index contributed by atoms with van der Waals surface area (Å²) in [6.07, 6.45) is 0.512. The maximum atomic E-state index is 12.0. The summed E-state index contributed by atoms with van der Waals surface area (Å²) in [5.74, 6) is -1.22. The number of hydrogen-bond acceptors (Lipinski definition) is 4. The van der Waals surface area contributed by atoms with E-state index in [-0.39, 0.29) is 19.6 Å². The van der Waals surface area contributed by atoms with Gasteiger partial charge in [-0.1, -0.05) is 36.4 Å². The molecule has 0 aromatic heterocycles. The van der Waals surface area contributed by atoms with E-state index in [0.717, 1.165) is 10.5 Å². The lowest BCUT2D eigenvalue weighted by molar-refractivity contribution is -0.143. The highest BCUT2D eigenvalue weighted by Crippen LogP contribution is 2.22. The number of imide groups is 1. The molecule has 7 nitrogen and oxygen atoms in total. The molecule has 0 saturated carbocycles. The molecule has 1 aromatic carbocycles.